The van der Waals surface area contributed by atoms with E-state index in [1.807, 2.05) is 4.90 Å². The van der Waals surface area contributed by atoms with Gasteiger partial charge >= 0.3 is 0 Å². The van der Waals surface area contributed by atoms with Crippen LogP contribution in [0.3, 0.4) is 0 Å². The van der Waals surface area contributed by atoms with Crippen LogP contribution in [0.2, 0.25) is 0 Å². The molecule has 0 saturated carbocycles. The number of carbonyl (C=O) groups is 1. The van der Waals surface area contributed by atoms with Crippen molar-refractivity contribution in [1.82, 2.24) is 20.2 Å². The van der Waals surface area contributed by atoms with Gasteiger partial charge < -0.3 is 19.9 Å². The van der Waals surface area contributed by atoms with Crippen LogP contribution in [0.25, 0.3) is 0 Å². The first kappa shape index (κ1) is 16.0. The minimum Gasteiger partial charge on any atom is -0.481 e. The second kappa shape index (κ2) is 7.12. The number of aromatic nitrogens is 2. The summed E-state index contributed by atoms with van der Waals surface area (Å²) in [6.45, 7) is 6.28. The molecule has 7 nitrogen and oxygen atoms in total. The van der Waals surface area contributed by atoms with Crippen molar-refractivity contribution >= 4 is 11.9 Å². The minimum atomic E-state index is 0.127. The highest BCUT2D eigenvalue weighted by Crippen LogP contribution is 2.23. The average Bonchev–Trinajstić information content (AvgIpc) is 2.61. The molecule has 1 amide bonds. The van der Waals surface area contributed by atoms with Crippen LogP contribution >= 0.6 is 0 Å². The van der Waals surface area contributed by atoms with Gasteiger partial charge in [-0.3, -0.25) is 4.79 Å². The second-order valence-corrected chi connectivity index (χ2v) is 6.30. The molecule has 3 heterocycles. The van der Waals surface area contributed by atoms with Gasteiger partial charge in [0.15, 0.2) is 0 Å². The number of hydrogen-bond donors (Lipinski definition) is 1. The number of piperazine rings is 1. The third-order valence-electron chi connectivity index (χ3n) is 4.63. The first-order valence-corrected chi connectivity index (χ1v) is 8.31. The molecule has 2 aliphatic rings. The monoisotopic (exact) mass is 319 g/mol. The summed E-state index contributed by atoms with van der Waals surface area (Å²) in [5.41, 5.74) is 0. The minimum absolute atomic E-state index is 0.127. The molecule has 3 rings (SSSR count). The van der Waals surface area contributed by atoms with Crippen molar-refractivity contribution in [2.24, 2.45) is 5.92 Å². The number of methoxy groups -OCH3 is 1. The Morgan fingerprint density at radius 2 is 2.13 bits per heavy atom. The SMILES string of the molecule is COc1ccnc(N2CCC(C(=O)N3CCNC(C)C3)CC2)n1. The Labute approximate surface area is 137 Å². The summed E-state index contributed by atoms with van der Waals surface area (Å²) in [5.74, 6) is 1.70. The summed E-state index contributed by atoms with van der Waals surface area (Å²) in [5, 5.41) is 3.38. The Hall–Kier alpha value is -1.89. The maximum absolute atomic E-state index is 12.7. The van der Waals surface area contributed by atoms with Gasteiger partial charge in [0.2, 0.25) is 17.7 Å². The van der Waals surface area contributed by atoms with Gasteiger partial charge in [0.25, 0.3) is 0 Å². The first-order valence-electron chi connectivity index (χ1n) is 8.31. The molecule has 2 fully saturated rings. The van der Waals surface area contributed by atoms with Crippen LogP contribution in [-0.2, 0) is 4.79 Å². The second-order valence-electron chi connectivity index (χ2n) is 6.30. The fourth-order valence-corrected chi connectivity index (χ4v) is 3.32. The van der Waals surface area contributed by atoms with Crippen LogP contribution in [-0.4, -0.2) is 66.7 Å². The van der Waals surface area contributed by atoms with Gasteiger partial charge in [-0.05, 0) is 19.8 Å². The first-order chi connectivity index (χ1) is 11.2. The van der Waals surface area contributed by atoms with Crippen molar-refractivity contribution in [3.8, 4) is 5.88 Å². The molecule has 23 heavy (non-hydrogen) atoms. The van der Waals surface area contributed by atoms with Gasteiger partial charge in [0, 0.05) is 56.9 Å². The molecule has 1 N–H and O–H groups in total. The number of hydrogen-bond acceptors (Lipinski definition) is 6. The molecule has 7 heteroatoms. The van der Waals surface area contributed by atoms with Crippen molar-refractivity contribution in [3.63, 3.8) is 0 Å². The molecular formula is C16H25N5O2. The normalized spacial score (nSPS) is 23.0. The Morgan fingerprint density at radius 3 is 2.83 bits per heavy atom. The predicted octanol–water partition coefficient (Wildman–Crippen LogP) is 0.522. The van der Waals surface area contributed by atoms with Gasteiger partial charge in [-0.2, -0.15) is 4.98 Å². The van der Waals surface area contributed by atoms with E-state index in [4.69, 9.17) is 4.74 Å². The predicted molar refractivity (Wildman–Crippen MR) is 87.6 cm³/mol. The molecule has 0 radical (unpaired) electrons. The van der Waals surface area contributed by atoms with Crippen molar-refractivity contribution in [2.75, 3.05) is 44.7 Å². The third-order valence-corrected chi connectivity index (χ3v) is 4.63. The van der Waals surface area contributed by atoms with E-state index in [9.17, 15) is 4.79 Å². The number of anilines is 1. The number of amides is 1. The Morgan fingerprint density at radius 1 is 1.35 bits per heavy atom. The van der Waals surface area contributed by atoms with Crippen LogP contribution in [0.5, 0.6) is 5.88 Å². The summed E-state index contributed by atoms with van der Waals surface area (Å²) in [6, 6.07) is 2.13. The molecule has 2 saturated heterocycles. The van der Waals surface area contributed by atoms with Gasteiger partial charge in [-0.25, -0.2) is 4.98 Å². The highest BCUT2D eigenvalue weighted by Gasteiger charge is 2.31. The maximum Gasteiger partial charge on any atom is 0.228 e. The van der Waals surface area contributed by atoms with E-state index in [2.05, 4.69) is 27.1 Å². The zero-order chi connectivity index (χ0) is 16.2. The molecule has 126 valence electrons. The van der Waals surface area contributed by atoms with Gasteiger partial charge in [0.1, 0.15) is 0 Å². The van der Waals surface area contributed by atoms with E-state index in [-0.39, 0.29) is 5.92 Å². The quantitative estimate of drug-likeness (QED) is 0.876. The molecule has 1 atom stereocenters. The maximum atomic E-state index is 12.7. The van der Waals surface area contributed by atoms with E-state index < -0.39 is 0 Å². The van der Waals surface area contributed by atoms with Crippen LogP contribution in [0.1, 0.15) is 19.8 Å². The number of rotatable bonds is 3. The molecule has 0 bridgehead atoms. The van der Waals surface area contributed by atoms with Crippen LogP contribution in [0.4, 0.5) is 5.95 Å². The van der Waals surface area contributed by atoms with Crippen LogP contribution in [0, 0.1) is 5.92 Å². The molecule has 0 spiro atoms. The number of ether oxygens (including phenoxy) is 1. The fourth-order valence-electron chi connectivity index (χ4n) is 3.32. The lowest BCUT2D eigenvalue weighted by molar-refractivity contribution is -0.137. The van der Waals surface area contributed by atoms with Crippen LogP contribution in [0.15, 0.2) is 12.3 Å². The molecule has 0 aromatic carbocycles. The Kier molecular flexibility index (Phi) is 4.95. The third kappa shape index (κ3) is 3.72. The van der Waals surface area contributed by atoms with E-state index in [1.165, 1.54) is 0 Å². The summed E-state index contributed by atoms with van der Waals surface area (Å²) < 4.78 is 5.15. The Balaban J connectivity index is 1.56. The largest absolute Gasteiger partial charge is 0.481 e. The molecular weight excluding hydrogens is 294 g/mol. The zero-order valence-corrected chi connectivity index (χ0v) is 13.9. The molecule has 2 aliphatic heterocycles. The average molecular weight is 319 g/mol. The van der Waals surface area contributed by atoms with Crippen molar-refractivity contribution in [3.05, 3.63) is 12.3 Å². The van der Waals surface area contributed by atoms with E-state index in [0.717, 1.165) is 45.6 Å². The number of carbonyl (C=O) groups excluding carboxylic acids is 1. The van der Waals surface area contributed by atoms with Crippen molar-refractivity contribution < 1.29 is 9.53 Å². The summed E-state index contributed by atoms with van der Waals surface area (Å²) in [7, 11) is 1.60. The zero-order valence-electron chi connectivity index (χ0n) is 13.9. The lowest BCUT2D eigenvalue weighted by atomic mass is 9.95. The Bertz CT molecular complexity index is 545. The lowest BCUT2D eigenvalue weighted by Gasteiger charge is -2.37. The van der Waals surface area contributed by atoms with E-state index >= 15 is 0 Å². The van der Waals surface area contributed by atoms with E-state index in [0.29, 0.717) is 23.8 Å². The highest BCUT2D eigenvalue weighted by molar-refractivity contribution is 5.79. The topological polar surface area (TPSA) is 70.6 Å². The van der Waals surface area contributed by atoms with Gasteiger partial charge in [-0.15, -0.1) is 0 Å². The number of nitrogens with zero attached hydrogens (tertiary/aromatic N) is 4. The number of nitrogens with one attached hydrogen (secondary N) is 1. The summed E-state index contributed by atoms with van der Waals surface area (Å²) in [6.07, 6.45) is 3.43. The van der Waals surface area contributed by atoms with Crippen molar-refractivity contribution in [2.45, 2.75) is 25.8 Å². The lowest BCUT2D eigenvalue weighted by Crippen LogP contribution is -2.53. The molecule has 1 unspecified atom stereocenters. The van der Waals surface area contributed by atoms with Crippen molar-refractivity contribution in [1.29, 1.82) is 0 Å². The number of piperidine rings is 1. The fraction of sp³-hybridized carbons (Fsp3) is 0.688. The van der Waals surface area contributed by atoms with Crippen LogP contribution < -0.4 is 15.0 Å². The van der Waals surface area contributed by atoms with Gasteiger partial charge in [0.05, 0.1) is 7.11 Å². The molecule has 0 aliphatic carbocycles. The smallest absolute Gasteiger partial charge is 0.228 e. The highest BCUT2D eigenvalue weighted by atomic mass is 16.5. The molecule has 1 aromatic heterocycles. The van der Waals surface area contributed by atoms with Gasteiger partial charge in [-0.1, -0.05) is 0 Å². The summed E-state index contributed by atoms with van der Waals surface area (Å²) >= 11 is 0. The summed E-state index contributed by atoms with van der Waals surface area (Å²) in [4.78, 5) is 25.5. The standard InChI is InChI=1S/C16H25N5O2/c1-12-11-21(10-7-17-12)15(22)13-4-8-20(9-5-13)16-18-6-3-14(19-16)23-2/h3,6,12-13,17H,4-5,7-11H2,1-2H3. The molecule has 1 aromatic rings. The van der Waals surface area contributed by atoms with E-state index in [1.54, 1.807) is 19.4 Å².